The number of rotatable bonds is 66. The van der Waals surface area contributed by atoms with Gasteiger partial charge in [-0.05, 0) is 135 Å². The van der Waals surface area contributed by atoms with Crippen molar-refractivity contribution in [1.29, 1.82) is 0 Å². The van der Waals surface area contributed by atoms with Gasteiger partial charge in [-0.15, -0.1) is 0 Å². The van der Waals surface area contributed by atoms with Gasteiger partial charge in [0, 0.05) is 63.8 Å². The predicted molar refractivity (Wildman–Crippen MR) is 431 cm³/mol. The molecule has 0 aromatic rings. The van der Waals surface area contributed by atoms with Gasteiger partial charge in [0.2, 0.25) is 0 Å². The van der Waals surface area contributed by atoms with E-state index >= 15 is 0 Å². The summed E-state index contributed by atoms with van der Waals surface area (Å²) in [6, 6.07) is 0. The Morgan fingerprint density at radius 3 is 0.583 bits per heavy atom. The number of ether oxygens (including phenoxy) is 5. The summed E-state index contributed by atoms with van der Waals surface area (Å²) in [5.74, 6) is -2.83. The van der Waals surface area contributed by atoms with E-state index < -0.39 is 17.9 Å². The molecule has 0 rings (SSSR count). The fraction of sp³-hybridized carbons (Fsp3) is 0.835. The van der Waals surface area contributed by atoms with Crippen LogP contribution in [0.15, 0.2) is 36.5 Å². The number of hydrogen-bond donors (Lipinski definition) is 4. The summed E-state index contributed by atoms with van der Waals surface area (Å²) in [7, 11) is 7.02. The first-order valence-corrected chi connectivity index (χ1v) is 42.1. The molecule has 103 heavy (non-hydrogen) atoms. The quantitative estimate of drug-likeness (QED) is 0.0145. The van der Waals surface area contributed by atoms with Crippen LogP contribution in [0.5, 0.6) is 0 Å². The van der Waals surface area contributed by atoms with Gasteiger partial charge in [0.05, 0.1) is 35.5 Å². The van der Waals surface area contributed by atoms with Crippen LogP contribution >= 0.6 is 15.9 Å². The zero-order valence-electron chi connectivity index (χ0n) is 67.8. The van der Waals surface area contributed by atoms with E-state index in [4.69, 9.17) is 20.4 Å². The number of alkyl halides is 1. The van der Waals surface area contributed by atoms with E-state index in [-0.39, 0.29) is 42.9 Å². The van der Waals surface area contributed by atoms with Crippen molar-refractivity contribution in [2.24, 2.45) is 0 Å². The summed E-state index contributed by atoms with van der Waals surface area (Å²) in [4.78, 5) is 83.2. The van der Waals surface area contributed by atoms with Gasteiger partial charge in [-0.2, -0.15) is 0 Å². The second-order valence-corrected chi connectivity index (χ2v) is 27.3. The largest absolute Gasteiger partial charge is 0.481 e. The minimum absolute atomic E-state index is 0.0791. The van der Waals surface area contributed by atoms with E-state index in [1.54, 1.807) is 0 Å². The molecule has 17 nitrogen and oxygen atoms in total. The third-order valence-electron chi connectivity index (χ3n) is 16.7. The topological polar surface area (TPSA) is 264 Å². The summed E-state index contributed by atoms with van der Waals surface area (Å²) < 4.78 is 22.2. The Kier molecular flexibility index (Phi) is 115. The number of halogens is 1. The van der Waals surface area contributed by atoms with Gasteiger partial charge in [-0.3, -0.25) is 38.4 Å². The lowest BCUT2D eigenvalue weighted by Gasteiger charge is -2.00. The first kappa shape index (κ1) is 112. The molecule has 18 heteroatoms. The second-order valence-electron chi connectivity index (χ2n) is 26.5. The first-order valence-electron chi connectivity index (χ1n) is 41.0. The first-order chi connectivity index (χ1) is 49.9. The normalized spacial score (nSPS) is 10.5. The van der Waals surface area contributed by atoms with Crippen LogP contribution in [-0.2, 0) is 62.0 Å². The third-order valence-corrected chi connectivity index (χ3v) is 17.3. The number of hydrogen-bond acceptors (Lipinski definition) is 14. The number of aliphatic hydroxyl groups is 1. The fourth-order valence-corrected chi connectivity index (χ4v) is 10.5. The number of aliphatic hydroxyl groups excluding tert-OH is 1. The van der Waals surface area contributed by atoms with E-state index in [2.05, 4.69) is 96.8 Å². The van der Waals surface area contributed by atoms with Gasteiger partial charge in [-0.1, -0.05) is 279 Å². The predicted octanol–water partition coefficient (Wildman–Crippen LogP) is 24.6. The molecule has 0 bridgehead atoms. The molecule has 4 N–H and O–H groups in total. The lowest BCUT2D eigenvalue weighted by atomic mass is 10.1. The molecule has 0 spiro atoms. The lowest BCUT2D eigenvalue weighted by molar-refractivity contribution is -0.141. The Morgan fingerprint density at radius 1 is 0.252 bits per heavy atom. The molecule has 610 valence electrons. The van der Waals surface area contributed by atoms with Gasteiger partial charge < -0.3 is 44.1 Å². The molecule has 0 amide bonds. The van der Waals surface area contributed by atoms with Gasteiger partial charge >= 0.3 is 47.8 Å². The third kappa shape index (κ3) is 134. The Balaban J connectivity index is -0.000000215. The maximum Gasteiger partial charge on any atom is 0.305 e. The molecule has 0 saturated heterocycles. The molecular weight excluding hydrogens is 1370 g/mol. The number of carboxylic acids is 3. The molecule has 0 atom stereocenters. The van der Waals surface area contributed by atoms with Gasteiger partial charge in [0.25, 0.3) is 0 Å². The highest BCUT2D eigenvalue weighted by Crippen LogP contribution is 2.15. The molecule has 0 unspecified atom stereocenters. The van der Waals surface area contributed by atoms with Crippen LogP contribution in [0.2, 0.25) is 0 Å². The number of esters is 5. The molecule has 0 aromatic heterocycles. The highest BCUT2D eigenvalue weighted by atomic mass is 79.9. The highest BCUT2D eigenvalue weighted by Gasteiger charge is 2.04. The second kappa shape index (κ2) is 106. The summed E-state index contributed by atoms with van der Waals surface area (Å²) in [6.07, 6.45) is 80.3. The number of methoxy groups -OCH3 is 5. The minimum Gasteiger partial charge on any atom is -0.481 e. The summed E-state index contributed by atoms with van der Waals surface area (Å²) in [5.41, 5.74) is 0. The maximum absolute atomic E-state index is 10.9. The smallest absolute Gasteiger partial charge is 0.305 e. The van der Waals surface area contributed by atoms with E-state index in [9.17, 15) is 38.4 Å². The van der Waals surface area contributed by atoms with Gasteiger partial charge in [0.1, 0.15) is 0 Å². The van der Waals surface area contributed by atoms with Crippen molar-refractivity contribution in [3.05, 3.63) is 36.5 Å². The van der Waals surface area contributed by atoms with Crippen molar-refractivity contribution in [3.63, 3.8) is 0 Å². The van der Waals surface area contributed by atoms with Crippen LogP contribution in [0.25, 0.3) is 0 Å². The minimum atomic E-state index is -0.757. The molecule has 0 heterocycles. The number of carbonyl (C=O) groups is 8. The van der Waals surface area contributed by atoms with Crippen LogP contribution < -0.4 is 0 Å². The summed E-state index contributed by atoms with van der Waals surface area (Å²) in [5, 5.41) is 34.9. The maximum atomic E-state index is 10.9. The highest BCUT2D eigenvalue weighted by molar-refractivity contribution is 9.09. The van der Waals surface area contributed by atoms with Crippen molar-refractivity contribution in [3.8, 4) is 0 Å². The number of aliphatic carboxylic acids is 3. The standard InChI is InChI=1S/C19H36O2.2C18H34O2.C9H17BrO2.C9H16O4.C9H18O3.C3H6O2/c1-3-4-5-6-7-8-9-10-11-12-13-14-15-16-17-18-19(20)21-2;2*1-2-3-4-5-6-7-8-9-10-11-12-13-14-15-16-17-18(19)20;1-12-9(11)7-5-3-2-4-6-8-10;1-13-9(12)7-5-3-2-4-6-8(10)11;1-12-9(11)7-5-3-2-4-6-8-10;1-3(4)5-2/h11-12H,3-10,13-18H2,1-2H3;2*10-11H,2-9,12-17H2,1H3,(H,19,20);2-8H2,1H3;2-7H2,1H3,(H,10,11);10H,2-8H2,1H3;1-2H3/b12-11-;11-10+;11-10-;;;;. The number of carboxylic acid groups (broad SMARTS) is 3. The average Bonchev–Trinajstić information content (AvgIpc) is 3.72. The summed E-state index contributed by atoms with van der Waals surface area (Å²) >= 11 is 3.38. The van der Waals surface area contributed by atoms with E-state index in [1.165, 1.54) is 248 Å². The van der Waals surface area contributed by atoms with Crippen LogP contribution in [-0.4, -0.2) is 116 Å². The average molecular weight is 1540 g/mol. The molecule has 0 fully saturated rings. The molecule has 0 aliphatic rings. The van der Waals surface area contributed by atoms with Crippen LogP contribution in [0.3, 0.4) is 0 Å². The lowest BCUT2D eigenvalue weighted by Crippen LogP contribution is -1.99. The van der Waals surface area contributed by atoms with Crippen molar-refractivity contribution in [2.45, 2.75) is 413 Å². The zero-order valence-corrected chi connectivity index (χ0v) is 69.4. The Labute approximate surface area is 639 Å². The SMILES string of the molecule is CCCCCCCCC/C=C/CCCCCCC(=O)O.CCCCCCCCC/C=C\CCCCCCC(=O)O.CCCCCCCCC/C=C\CCCCCCC(=O)OC.COC(=O)CCCCCCC(=O)O.COC(=O)CCCCCCCBr.COC(=O)CCCCCCCO.COC(C)=O. The van der Waals surface area contributed by atoms with E-state index in [0.717, 1.165) is 134 Å². The van der Waals surface area contributed by atoms with Crippen LogP contribution in [0.1, 0.15) is 413 Å². The Hall–Kier alpha value is -4.58. The molecule has 0 radical (unpaired) electrons. The van der Waals surface area contributed by atoms with Crippen molar-refractivity contribution in [1.82, 2.24) is 0 Å². The Bertz CT molecular complexity index is 1780. The Morgan fingerprint density at radius 2 is 0.417 bits per heavy atom. The van der Waals surface area contributed by atoms with Crippen LogP contribution in [0, 0.1) is 0 Å². The molecular formula is C85H161BrO17. The number of unbranched alkanes of at least 4 members (excludes halogenated alkanes) is 44. The van der Waals surface area contributed by atoms with Gasteiger partial charge in [-0.25, -0.2) is 0 Å². The van der Waals surface area contributed by atoms with Crippen molar-refractivity contribution in [2.75, 3.05) is 47.5 Å². The zero-order chi connectivity index (χ0) is 78.2. The molecule has 0 aromatic carbocycles. The molecule has 0 saturated carbocycles. The van der Waals surface area contributed by atoms with Crippen molar-refractivity contribution >= 4 is 63.7 Å². The van der Waals surface area contributed by atoms with Crippen LogP contribution in [0.4, 0.5) is 0 Å². The monoisotopic (exact) mass is 1530 g/mol. The molecule has 0 aliphatic carbocycles. The van der Waals surface area contributed by atoms with Crippen molar-refractivity contribution < 1.29 is 82.5 Å². The van der Waals surface area contributed by atoms with E-state index in [1.807, 2.05) is 0 Å². The van der Waals surface area contributed by atoms with Gasteiger partial charge in [0.15, 0.2) is 0 Å². The number of carbonyl (C=O) groups excluding carboxylic acids is 5. The fourth-order valence-electron chi connectivity index (χ4n) is 10.1. The number of allylic oxidation sites excluding steroid dienone is 6. The van der Waals surface area contributed by atoms with E-state index in [0.29, 0.717) is 44.9 Å². The summed E-state index contributed by atoms with van der Waals surface area (Å²) in [6.45, 7) is 8.43. The molecule has 0 aliphatic heterocycles.